The van der Waals surface area contributed by atoms with Crippen LogP contribution < -0.4 is 5.32 Å². The van der Waals surface area contributed by atoms with E-state index in [0.717, 1.165) is 0 Å². The van der Waals surface area contributed by atoms with Crippen LogP contribution in [0.5, 0.6) is 0 Å². The summed E-state index contributed by atoms with van der Waals surface area (Å²) in [7, 11) is 0. The second-order valence-corrected chi connectivity index (χ2v) is 4.74. The van der Waals surface area contributed by atoms with Crippen molar-refractivity contribution < 1.29 is 9.31 Å². The number of rotatable bonds is 4. The molecule has 0 amide bonds. The Morgan fingerprint density at radius 3 is 2.65 bits per heavy atom. The summed E-state index contributed by atoms with van der Waals surface area (Å²) >= 11 is 5.85. The number of nitrogens with one attached hydrogen (secondary N) is 1. The number of nitro groups is 1. The Morgan fingerprint density at radius 2 is 2.00 bits per heavy atom. The SMILES string of the molecule is CC(Nc1cc(Cl)ccc1[N+](=O)[O-])c1ccccc1F. The van der Waals surface area contributed by atoms with Crippen LogP contribution in [0.15, 0.2) is 42.5 Å². The molecule has 6 heteroatoms. The number of nitro benzene ring substituents is 1. The summed E-state index contributed by atoms with van der Waals surface area (Å²) in [6.07, 6.45) is 0. The lowest BCUT2D eigenvalue weighted by Gasteiger charge is -2.16. The minimum absolute atomic E-state index is 0.0995. The van der Waals surface area contributed by atoms with Gasteiger partial charge in [-0.25, -0.2) is 4.39 Å². The number of anilines is 1. The second-order valence-electron chi connectivity index (χ2n) is 4.31. The van der Waals surface area contributed by atoms with E-state index in [1.165, 1.54) is 24.3 Å². The van der Waals surface area contributed by atoms with Crippen LogP contribution in [0.1, 0.15) is 18.5 Å². The van der Waals surface area contributed by atoms with E-state index in [4.69, 9.17) is 11.6 Å². The topological polar surface area (TPSA) is 55.2 Å². The standard InChI is InChI=1S/C14H12ClFN2O2/c1-9(11-4-2-3-5-12(11)16)17-13-8-10(15)6-7-14(13)18(19)20/h2-9,17H,1H3. The monoisotopic (exact) mass is 294 g/mol. The Kier molecular flexibility index (Phi) is 4.20. The molecule has 0 saturated heterocycles. The van der Waals surface area contributed by atoms with E-state index in [9.17, 15) is 14.5 Å². The van der Waals surface area contributed by atoms with Crippen LogP contribution in [0.4, 0.5) is 15.8 Å². The van der Waals surface area contributed by atoms with Crippen LogP contribution in [0.3, 0.4) is 0 Å². The van der Waals surface area contributed by atoms with E-state index in [1.807, 2.05) is 0 Å². The minimum atomic E-state index is -0.507. The lowest BCUT2D eigenvalue weighted by molar-refractivity contribution is -0.384. The van der Waals surface area contributed by atoms with Crippen molar-refractivity contribution in [2.75, 3.05) is 5.32 Å². The highest BCUT2D eigenvalue weighted by molar-refractivity contribution is 6.31. The molecule has 0 spiro atoms. The summed E-state index contributed by atoms with van der Waals surface area (Å²) in [6, 6.07) is 10.1. The van der Waals surface area contributed by atoms with Gasteiger partial charge in [-0.05, 0) is 25.1 Å². The Balaban J connectivity index is 2.32. The van der Waals surface area contributed by atoms with Crippen LogP contribution in [-0.2, 0) is 0 Å². The first-order valence-corrected chi connectivity index (χ1v) is 6.31. The van der Waals surface area contributed by atoms with Crippen molar-refractivity contribution in [3.05, 3.63) is 69.0 Å². The lowest BCUT2D eigenvalue weighted by Crippen LogP contribution is -2.10. The van der Waals surface area contributed by atoms with Gasteiger partial charge in [0.25, 0.3) is 5.69 Å². The molecule has 0 radical (unpaired) electrons. The fourth-order valence-electron chi connectivity index (χ4n) is 1.92. The smallest absolute Gasteiger partial charge is 0.292 e. The Hall–Kier alpha value is -2.14. The maximum Gasteiger partial charge on any atom is 0.292 e. The van der Waals surface area contributed by atoms with Gasteiger partial charge in [-0.1, -0.05) is 29.8 Å². The van der Waals surface area contributed by atoms with Gasteiger partial charge in [0.05, 0.1) is 11.0 Å². The maximum atomic E-state index is 13.7. The average molecular weight is 295 g/mol. The fraction of sp³-hybridized carbons (Fsp3) is 0.143. The molecule has 4 nitrogen and oxygen atoms in total. The summed E-state index contributed by atoms with van der Waals surface area (Å²) < 4.78 is 13.7. The number of hydrogen-bond donors (Lipinski definition) is 1. The third-order valence-electron chi connectivity index (χ3n) is 2.90. The molecule has 1 atom stereocenters. The molecule has 2 aromatic rings. The zero-order valence-electron chi connectivity index (χ0n) is 10.6. The van der Waals surface area contributed by atoms with E-state index in [-0.39, 0.29) is 17.2 Å². The molecular weight excluding hydrogens is 283 g/mol. The van der Waals surface area contributed by atoms with Crippen molar-refractivity contribution in [2.24, 2.45) is 0 Å². The third kappa shape index (κ3) is 3.05. The van der Waals surface area contributed by atoms with E-state index >= 15 is 0 Å². The summed E-state index contributed by atoms with van der Waals surface area (Å²) in [5, 5.41) is 14.3. The quantitative estimate of drug-likeness (QED) is 0.664. The number of nitrogens with zero attached hydrogens (tertiary/aromatic N) is 1. The number of halogens is 2. The molecular formula is C14H12ClFN2O2. The van der Waals surface area contributed by atoms with Gasteiger partial charge in [0.1, 0.15) is 11.5 Å². The second kappa shape index (κ2) is 5.88. The molecule has 1 unspecified atom stereocenters. The molecule has 104 valence electrons. The van der Waals surface area contributed by atoms with E-state index in [1.54, 1.807) is 25.1 Å². The van der Waals surface area contributed by atoms with Gasteiger partial charge < -0.3 is 5.32 Å². The largest absolute Gasteiger partial charge is 0.373 e. The van der Waals surface area contributed by atoms with Gasteiger partial charge in [-0.15, -0.1) is 0 Å². The first kappa shape index (κ1) is 14.3. The van der Waals surface area contributed by atoms with Crippen LogP contribution in [0.25, 0.3) is 0 Å². The highest BCUT2D eigenvalue weighted by atomic mass is 35.5. The first-order chi connectivity index (χ1) is 9.49. The van der Waals surface area contributed by atoms with Crippen LogP contribution in [-0.4, -0.2) is 4.92 Å². The molecule has 0 heterocycles. The molecule has 0 aliphatic heterocycles. The molecule has 2 aromatic carbocycles. The summed E-state index contributed by atoms with van der Waals surface area (Å²) in [5.74, 6) is -0.364. The van der Waals surface area contributed by atoms with Gasteiger partial charge >= 0.3 is 0 Å². The third-order valence-corrected chi connectivity index (χ3v) is 3.13. The van der Waals surface area contributed by atoms with Crippen molar-refractivity contribution in [3.8, 4) is 0 Å². The number of benzene rings is 2. The zero-order valence-corrected chi connectivity index (χ0v) is 11.4. The predicted molar refractivity (Wildman–Crippen MR) is 76.5 cm³/mol. The van der Waals surface area contributed by atoms with Crippen molar-refractivity contribution in [2.45, 2.75) is 13.0 Å². The molecule has 1 N–H and O–H groups in total. The van der Waals surface area contributed by atoms with Crippen LogP contribution >= 0.6 is 11.6 Å². The molecule has 0 saturated carbocycles. The van der Waals surface area contributed by atoms with E-state index in [2.05, 4.69) is 5.32 Å². The summed E-state index contributed by atoms with van der Waals surface area (Å²) in [5.41, 5.74) is 0.595. The molecule has 0 bridgehead atoms. The van der Waals surface area contributed by atoms with Gasteiger partial charge in [-0.3, -0.25) is 10.1 Å². The van der Waals surface area contributed by atoms with Gasteiger partial charge in [0.15, 0.2) is 0 Å². The molecule has 2 rings (SSSR count). The molecule has 0 aliphatic rings. The average Bonchev–Trinajstić information content (AvgIpc) is 2.38. The predicted octanol–water partition coefficient (Wildman–Crippen LogP) is 4.56. The van der Waals surface area contributed by atoms with E-state index < -0.39 is 11.0 Å². The summed E-state index contributed by atoms with van der Waals surface area (Å²) in [4.78, 5) is 10.5. The van der Waals surface area contributed by atoms with Crippen molar-refractivity contribution in [3.63, 3.8) is 0 Å². The Bertz CT molecular complexity index is 649. The van der Waals surface area contributed by atoms with Crippen molar-refractivity contribution in [1.29, 1.82) is 0 Å². The minimum Gasteiger partial charge on any atom is -0.373 e. The number of hydrogen-bond acceptors (Lipinski definition) is 3. The van der Waals surface area contributed by atoms with Crippen LogP contribution in [0, 0.1) is 15.9 Å². The summed E-state index contributed by atoms with van der Waals surface area (Å²) in [6.45, 7) is 1.73. The molecule has 20 heavy (non-hydrogen) atoms. The lowest BCUT2D eigenvalue weighted by atomic mass is 10.1. The zero-order chi connectivity index (χ0) is 14.7. The van der Waals surface area contributed by atoms with E-state index in [0.29, 0.717) is 10.6 Å². The molecule has 0 aliphatic carbocycles. The molecule has 0 aromatic heterocycles. The Labute approximate surface area is 120 Å². The fourth-order valence-corrected chi connectivity index (χ4v) is 2.09. The maximum absolute atomic E-state index is 13.7. The Morgan fingerprint density at radius 1 is 1.30 bits per heavy atom. The van der Waals surface area contributed by atoms with Gasteiger partial charge in [-0.2, -0.15) is 0 Å². The van der Waals surface area contributed by atoms with Gasteiger partial charge in [0, 0.05) is 16.7 Å². The van der Waals surface area contributed by atoms with Crippen LogP contribution in [0.2, 0.25) is 5.02 Å². The normalized spacial score (nSPS) is 11.9. The highest BCUT2D eigenvalue weighted by Gasteiger charge is 2.17. The van der Waals surface area contributed by atoms with Gasteiger partial charge in [0.2, 0.25) is 0 Å². The van der Waals surface area contributed by atoms with Crippen molar-refractivity contribution >= 4 is 23.0 Å². The highest BCUT2D eigenvalue weighted by Crippen LogP contribution is 2.31. The first-order valence-electron chi connectivity index (χ1n) is 5.94. The molecule has 0 fully saturated rings. The van der Waals surface area contributed by atoms with Crippen molar-refractivity contribution in [1.82, 2.24) is 0 Å².